The Labute approximate surface area is 195 Å². The Morgan fingerprint density at radius 2 is 1.97 bits per heavy atom. The average molecular weight is 464 g/mol. The molecule has 2 aromatic heterocycles. The van der Waals surface area contributed by atoms with E-state index in [2.05, 4.69) is 24.0 Å². The highest BCUT2D eigenvalue weighted by Crippen LogP contribution is 2.30. The number of benzene rings is 2. The maximum Gasteiger partial charge on any atom is 0.349 e. The van der Waals surface area contributed by atoms with Crippen LogP contribution in [-0.2, 0) is 11.2 Å². The molecule has 33 heavy (non-hydrogen) atoms. The van der Waals surface area contributed by atoms with Crippen LogP contribution in [0.2, 0.25) is 0 Å². The number of rotatable bonds is 6. The average Bonchev–Trinajstić information content (AvgIpc) is 3.27. The van der Waals surface area contributed by atoms with E-state index in [0.29, 0.717) is 42.4 Å². The summed E-state index contributed by atoms with van der Waals surface area (Å²) in [5.41, 5.74) is 1.92. The van der Waals surface area contributed by atoms with Gasteiger partial charge >= 0.3 is 5.63 Å². The standard InChI is InChI=1S/C25H25N3O4S/c1-2-17-7-8-20-22(15-17)33-25(26-20)28(10-9-27-11-13-31-14-12-27)23(29)19-16-18-5-3-4-6-21(18)32-24(19)30/h3-8,15-16H,2,9-14H2,1H3. The molecule has 0 unspecified atom stereocenters. The smallest absolute Gasteiger partial charge is 0.349 e. The third kappa shape index (κ3) is 4.55. The molecule has 7 nitrogen and oxygen atoms in total. The second-order valence-corrected chi connectivity index (χ2v) is 9.06. The minimum atomic E-state index is -0.635. The number of para-hydroxylation sites is 1. The van der Waals surface area contributed by atoms with E-state index in [-0.39, 0.29) is 5.56 Å². The summed E-state index contributed by atoms with van der Waals surface area (Å²) in [6.07, 6.45) is 0.932. The first-order valence-corrected chi connectivity index (χ1v) is 12.0. The van der Waals surface area contributed by atoms with Crippen LogP contribution in [0.1, 0.15) is 22.8 Å². The molecule has 5 rings (SSSR count). The lowest BCUT2D eigenvalue weighted by Gasteiger charge is -2.29. The second kappa shape index (κ2) is 9.43. The van der Waals surface area contributed by atoms with Crippen molar-refractivity contribution in [1.29, 1.82) is 0 Å². The Morgan fingerprint density at radius 3 is 2.79 bits per heavy atom. The normalized spacial score (nSPS) is 14.7. The Hall–Kier alpha value is -3.07. The van der Waals surface area contributed by atoms with E-state index in [0.717, 1.165) is 29.7 Å². The number of carbonyl (C=O) groups is 1. The van der Waals surface area contributed by atoms with E-state index in [1.54, 1.807) is 23.1 Å². The summed E-state index contributed by atoms with van der Waals surface area (Å²) in [5, 5.41) is 1.30. The van der Waals surface area contributed by atoms with E-state index < -0.39 is 11.5 Å². The molecule has 8 heteroatoms. The fourth-order valence-electron chi connectivity index (χ4n) is 4.00. The Bertz CT molecular complexity index is 1360. The van der Waals surface area contributed by atoms with Crippen LogP contribution < -0.4 is 10.5 Å². The fourth-order valence-corrected chi connectivity index (χ4v) is 5.05. The fraction of sp³-hybridized carbons (Fsp3) is 0.320. The van der Waals surface area contributed by atoms with Crippen LogP contribution in [0.3, 0.4) is 0 Å². The Balaban J connectivity index is 1.52. The summed E-state index contributed by atoms with van der Waals surface area (Å²) in [6, 6.07) is 15.0. The molecule has 1 fully saturated rings. The number of ether oxygens (including phenoxy) is 1. The Morgan fingerprint density at radius 1 is 1.15 bits per heavy atom. The lowest BCUT2D eigenvalue weighted by Crippen LogP contribution is -2.44. The van der Waals surface area contributed by atoms with Gasteiger partial charge in [-0.2, -0.15) is 0 Å². The molecule has 0 saturated carbocycles. The minimum Gasteiger partial charge on any atom is -0.422 e. The summed E-state index contributed by atoms with van der Waals surface area (Å²) < 4.78 is 11.9. The molecular weight excluding hydrogens is 438 g/mol. The summed E-state index contributed by atoms with van der Waals surface area (Å²) >= 11 is 1.47. The van der Waals surface area contributed by atoms with Gasteiger partial charge in [-0.3, -0.25) is 14.6 Å². The van der Waals surface area contributed by atoms with Crippen molar-refractivity contribution in [2.45, 2.75) is 13.3 Å². The maximum absolute atomic E-state index is 13.7. The van der Waals surface area contributed by atoms with Gasteiger partial charge in [0, 0.05) is 31.6 Å². The molecule has 3 heterocycles. The number of anilines is 1. The molecule has 170 valence electrons. The van der Waals surface area contributed by atoms with Crippen molar-refractivity contribution in [3.05, 3.63) is 70.1 Å². The van der Waals surface area contributed by atoms with Crippen LogP contribution >= 0.6 is 11.3 Å². The molecule has 1 aliphatic heterocycles. The van der Waals surface area contributed by atoms with E-state index in [1.165, 1.54) is 16.9 Å². The van der Waals surface area contributed by atoms with Gasteiger partial charge in [-0.25, -0.2) is 9.78 Å². The molecule has 0 N–H and O–H groups in total. The van der Waals surface area contributed by atoms with Gasteiger partial charge in [0.25, 0.3) is 5.91 Å². The second-order valence-electron chi connectivity index (χ2n) is 8.05. The van der Waals surface area contributed by atoms with Gasteiger partial charge in [-0.05, 0) is 36.2 Å². The SMILES string of the molecule is CCc1ccc2nc(N(CCN3CCOCC3)C(=O)c3cc4ccccc4oc3=O)sc2c1. The number of aryl methyl sites for hydroxylation is 1. The van der Waals surface area contributed by atoms with Crippen molar-refractivity contribution in [2.75, 3.05) is 44.3 Å². The van der Waals surface area contributed by atoms with Gasteiger partial charge in [0.1, 0.15) is 11.1 Å². The topological polar surface area (TPSA) is 75.9 Å². The zero-order chi connectivity index (χ0) is 22.8. The summed E-state index contributed by atoms with van der Waals surface area (Å²) in [7, 11) is 0. The summed E-state index contributed by atoms with van der Waals surface area (Å²) in [4.78, 5) is 35.0. The van der Waals surface area contributed by atoms with Crippen LogP contribution in [-0.4, -0.2) is 55.2 Å². The monoisotopic (exact) mass is 463 g/mol. The molecular formula is C25H25N3O4S. The number of thiazole rings is 1. The zero-order valence-corrected chi connectivity index (χ0v) is 19.3. The largest absolute Gasteiger partial charge is 0.422 e. The number of hydrogen-bond acceptors (Lipinski definition) is 7. The molecule has 0 bridgehead atoms. The van der Waals surface area contributed by atoms with Gasteiger partial charge in [0.2, 0.25) is 0 Å². The van der Waals surface area contributed by atoms with Gasteiger partial charge in [-0.15, -0.1) is 0 Å². The highest BCUT2D eigenvalue weighted by Gasteiger charge is 2.26. The third-order valence-electron chi connectivity index (χ3n) is 5.94. The number of morpholine rings is 1. The van der Waals surface area contributed by atoms with Crippen LogP contribution in [0.5, 0.6) is 0 Å². The van der Waals surface area contributed by atoms with E-state index in [4.69, 9.17) is 14.1 Å². The third-order valence-corrected chi connectivity index (χ3v) is 6.98. The molecule has 1 aliphatic rings. The highest BCUT2D eigenvalue weighted by molar-refractivity contribution is 7.22. The van der Waals surface area contributed by atoms with Crippen molar-refractivity contribution >= 4 is 43.6 Å². The lowest BCUT2D eigenvalue weighted by atomic mass is 10.1. The van der Waals surface area contributed by atoms with Gasteiger partial charge < -0.3 is 9.15 Å². The first-order chi connectivity index (χ1) is 16.1. The molecule has 0 radical (unpaired) electrons. The van der Waals surface area contributed by atoms with Crippen LogP contribution in [0.15, 0.2) is 57.7 Å². The van der Waals surface area contributed by atoms with Crippen molar-refractivity contribution in [3.8, 4) is 0 Å². The lowest BCUT2D eigenvalue weighted by molar-refractivity contribution is 0.0391. The molecule has 1 amide bonds. The molecule has 1 saturated heterocycles. The first-order valence-electron chi connectivity index (χ1n) is 11.2. The van der Waals surface area contributed by atoms with Gasteiger partial charge in [0.15, 0.2) is 5.13 Å². The molecule has 0 atom stereocenters. The number of fused-ring (bicyclic) bond motifs is 2. The highest BCUT2D eigenvalue weighted by atomic mass is 32.1. The van der Waals surface area contributed by atoms with E-state index >= 15 is 0 Å². The molecule has 0 spiro atoms. The van der Waals surface area contributed by atoms with Gasteiger partial charge in [-0.1, -0.05) is 42.5 Å². The predicted octanol–water partition coefficient (Wildman–Crippen LogP) is 3.94. The van der Waals surface area contributed by atoms with Crippen molar-refractivity contribution in [3.63, 3.8) is 0 Å². The molecule has 4 aromatic rings. The van der Waals surface area contributed by atoms with Crippen LogP contribution in [0.25, 0.3) is 21.2 Å². The van der Waals surface area contributed by atoms with Crippen molar-refractivity contribution in [1.82, 2.24) is 9.88 Å². The number of carbonyl (C=O) groups excluding carboxylic acids is 1. The van der Waals surface area contributed by atoms with Crippen molar-refractivity contribution < 1.29 is 13.9 Å². The van der Waals surface area contributed by atoms with Crippen LogP contribution in [0, 0.1) is 0 Å². The Kier molecular flexibility index (Phi) is 6.22. The first kappa shape index (κ1) is 21.8. The quantitative estimate of drug-likeness (QED) is 0.403. The van der Waals surface area contributed by atoms with Gasteiger partial charge in [0.05, 0.1) is 23.4 Å². The molecule has 0 aliphatic carbocycles. The number of nitrogens with zero attached hydrogens (tertiary/aromatic N) is 3. The summed E-state index contributed by atoms with van der Waals surface area (Å²) in [6.45, 7) is 6.21. The maximum atomic E-state index is 13.7. The number of aromatic nitrogens is 1. The summed E-state index contributed by atoms with van der Waals surface area (Å²) in [5.74, 6) is -0.391. The minimum absolute atomic E-state index is 0.0178. The van der Waals surface area contributed by atoms with Crippen LogP contribution in [0.4, 0.5) is 5.13 Å². The number of hydrogen-bond donors (Lipinski definition) is 0. The predicted molar refractivity (Wildman–Crippen MR) is 130 cm³/mol. The van der Waals surface area contributed by atoms with E-state index in [9.17, 15) is 9.59 Å². The van der Waals surface area contributed by atoms with E-state index in [1.807, 2.05) is 18.2 Å². The zero-order valence-electron chi connectivity index (χ0n) is 18.5. The number of amides is 1. The molecule has 2 aromatic carbocycles. The van der Waals surface area contributed by atoms with Crippen molar-refractivity contribution in [2.24, 2.45) is 0 Å².